The summed E-state index contributed by atoms with van der Waals surface area (Å²) < 4.78 is 32.7. The van der Waals surface area contributed by atoms with Crippen LogP contribution in [0.5, 0.6) is 5.75 Å². The molecule has 2 aliphatic rings. The number of benzene rings is 1. The number of aromatic nitrogens is 1. The van der Waals surface area contributed by atoms with E-state index < -0.39 is 31.6 Å². The van der Waals surface area contributed by atoms with E-state index in [-0.39, 0.29) is 31.0 Å². The highest BCUT2D eigenvalue weighted by Crippen LogP contribution is 2.29. The number of anilines is 1. The number of sulfonamides is 1. The fourth-order valence-electron chi connectivity index (χ4n) is 4.33. The third kappa shape index (κ3) is 6.11. The molecule has 1 saturated carbocycles. The number of hydrogen-bond acceptors (Lipinski definition) is 9. The van der Waals surface area contributed by atoms with Crippen molar-refractivity contribution >= 4 is 27.4 Å². The van der Waals surface area contributed by atoms with Gasteiger partial charge >= 0.3 is 0 Å². The van der Waals surface area contributed by atoms with Gasteiger partial charge in [0.2, 0.25) is 10.0 Å². The largest absolute Gasteiger partial charge is 0.480 e. The van der Waals surface area contributed by atoms with Crippen molar-refractivity contribution in [1.29, 1.82) is 0 Å². The molecule has 0 bridgehead atoms. The van der Waals surface area contributed by atoms with Gasteiger partial charge in [0.15, 0.2) is 23.1 Å². The number of nitrogens with one attached hydrogen (secondary N) is 3. The van der Waals surface area contributed by atoms with E-state index >= 15 is 0 Å². The number of nitro groups is 1. The van der Waals surface area contributed by atoms with E-state index in [1.54, 1.807) is 6.07 Å². The van der Waals surface area contributed by atoms with Gasteiger partial charge in [-0.05, 0) is 49.8 Å². The Morgan fingerprint density at radius 1 is 1.20 bits per heavy atom. The number of hydrogen-bond donors (Lipinski definition) is 4. The number of nitrogens with zero attached hydrogens (tertiary/aromatic N) is 2. The molecule has 1 amide bonds. The zero-order valence-electron chi connectivity index (χ0n) is 18.8. The number of carbonyl (C=O) groups is 1. The fraction of sp³-hybridized carbons (Fsp3) is 0.455. The third-order valence-electron chi connectivity index (χ3n) is 6.25. The lowest BCUT2D eigenvalue weighted by Gasteiger charge is -2.32. The molecular weight excluding hydrogens is 478 g/mol. The van der Waals surface area contributed by atoms with Gasteiger partial charge in [-0.3, -0.25) is 14.9 Å². The maximum Gasteiger partial charge on any atom is 0.289 e. The number of aliphatic hydroxyl groups excluding tert-OH is 1. The van der Waals surface area contributed by atoms with Gasteiger partial charge < -0.3 is 20.5 Å². The maximum atomic E-state index is 12.6. The Labute approximate surface area is 202 Å². The van der Waals surface area contributed by atoms with Gasteiger partial charge in [0, 0.05) is 25.2 Å². The summed E-state index contributed by atoms with van der Waals surface area (Å²) in [6, 6.07) is 8.93. The zero-order chi connectivity index (χ0) is 25.0. The van der Waals surface area contributed by atoms with Crippen LogP contribution in [0.2, 0.25) is 0 Å². The van der Waals surface area contributed by atoms with E-state index in [4.69, 9.17) is 4.74 Å². The maximum absolute atomic E-state index is 12.6. The van der Waals surface area contributed by atoms with Gasteiger partial charge in [-0.1, -0.05) is 12.1 Å². The molecule has 35 heavy (non-hydrogen) atoms. The Balaban J connectivity index is 1.24. The number of fused-ring (bicyclic) bond motifs is 1. The van der Waals surface area contributed by atoms with Crippen molar-refractivity contribution in [1.82, 2.24) is 15.0 Å². The molecule has 1 aliphatic heterocycles. The predicted octanol–water partition coefficient (Wildman–Crippen LogP) is 1.31. The quantitative estimate of drug-likeness (QED) is 0.289. The van der Waals surface area contributed by atoms with Crippen LogP contribution in [-0.2, 0) is 21.4 Å². The minimum absolute atomic E-state index is 0.0189. The van der Waals surface area contributed by atoms with Crippen LogP contribution >= 0.6 is 0 Å². The van der Waals surface area contributed by atoms with Crippen LogP contribution < -0.4 is 20.1 Å². The lowest BCUT2D eigenvalue weighted by atomic mass is 9.82. The van der Waals surface area contributed by atoms with Crippen LogP contribution in [0, 0.1) is 16.0 Å². The van der Waals surface area contributed by atoms with Crippen molar-refractivity contribution in [3.63, 3.8) is 0 Å². The first-order valence-corrected chi connectivity index (χ1v) is 12.8. The summed E-state index contributed by atoms with van der Waals surface area (Å²) in [5.41, 5.74) is 0.255. The third-order valence-corrected chi connectivity index (χ3v) is 7.73. The number of pyridine rings is 1. The molecule has 2 heterocycles. The van der Waals surface area contributed by atoms with E-state index in [1.165, 1.54) is 18.2 Å². The second-order valence-electron chi connectivity index (χ2n) is 8.62. The summed E-state index contributed by atoms with van der Waals surface area (Å²) in [6.45, 7) is 0.273. The molecule has 1 fully saturated rings. The Morgan fingerprint density at radius 3 is 2.69 bits per heavy atom. The monoisotopic (exact) mass is 505 g/mol. The number of ether oxygens (including phenoxy) is 1. The van der Waals surface area contributed by atoms with Gasteiger partial charge in [-0.2, -0.15) is 0 Å². The summed E-state index contributed by atoms with van der Waals surface area (Å²) >= 11 is 0. The van der Waals surface area contributed by atoms with Gasteiger partial charge in [0.1, 0.15) is 0 Å². The summed E-state index contributed by atoms with van der Waals surface area (Å²) in [7, 11) is -4.14. The number of amides is 1. The molecule has 0 spiro atoms. The molecule has 1 aromatic heterocycles. The first-order chi connectivity index (χ1) is 16.7. The molecular formula is C22H27N5O7S. The molecule has 1 aliphatic carbocycles. The summed E-state index contributed by atoms with van der Waals surface area (Å²) in [6.07, 6.45) is 2.09. The smallest absolute Gasteiger partial charge is 0.289 e. The highest BCUT2D eigenvalue weighted by atomic mass is 32.2. The molecule has 4 N–H and O–H groups in total. The van der Waals surface area contributed by atoms with Crippen molar-refractivity contribution in [2.45, 2.75) is 49.3 Å². The van der Waals surface area contributed by atoms with Crippen LogP contribution in [0.25, 0.3) is 0 Å². The van der Waals surface area contributed by atoms with Crippen molar-refractivity contribution in [2.75, 3.05) is 18.5 Å². The van der Waals surface area contributed by atoms with Crippen LogP contribution in [0.3, 0.4) is 0 Å². The highest BCUT2D eigenvalue weighted by Gasteiger charge is 2.30. The van der Waals surface area contributed by atoms with Crippen LogP contribution in [0.4, 0.5) is 11.5 Å². The normalized spacial score (nSPS) is 20.9. The average molecular weight is 506 g/mol. The van der Waals surface area contributed by atoms with E-state index in [0.717, 1.165) is 24.6 Å². The summed E-state index contributed by atoms with van der Waals surface area (Å²) in [5.74, 6) is 0.628. The molecule has 1 unspecified atom stereocenters. The molecule has 1 atom stereocenters. The summed E-state index contributed by atoms with van der Waals surface area (Å²) in [4.78, 5) is 25.8. The van der Waals surface area contributed by atoms with Crippen LogP contribution in [-0.4, -0.2) is 54.6 Å². The number of nitro benzene ring substituents is 1. The van der Waals surface area contributed by atoms with Crippen LogP contribution in [0.1, 0.15) is 31.4 Å². The molecule has 0 saturated heterocycles. The summed E-state index contributed by atoms with van der Waals surface area (Å²) in [5, 5.41) is 27.8. The molecule has 0 radical (unpaired) electrons. The van der Waals surface area contributed by atoms with E-state index in [2.05, 4.69) is 20.3 Å². The Morgan fingerprint density at radius 2 is 1.94 bits per heavy atom. The average Bonchev–Trinajstić information content (AvgIpc) is 2.86. The lowest BCUT2D eigenvalue weighted by Crippen LogP contribution is -2.40. The molecule has 12 nitrogen and oxygen atoms in total. The molecule has 4 rings (SSSR count). The topological polar surface area (TPSA) is 173 Å². The first kappa shape index (κ1) is 25.0. The fourth-order valence-corrected chi connectivity index (χ4v) is 5.56. The molecule has 1 aromatic carbocycles. The second kappa shape index (κ2) is 10.6. The molecule has 13 heteroatoms. The highest BCUT2D eigenvalue weighted by molar-refractivity contribution is 7.89. The van der Waals surface area contributed by atoms with Gasteiger partial charge in [-0.25, -0.2) is 18.1 Å². The van der Waals surface area contributed by atoms with Gasteiger partial charge in [0.25, 0.3) is 11.6 Å². The standard InChI is InChI=1S/C22H27N5O7S/c28-18(12-24-35(32,33)20-4-2-1-3-17(20)27(30)31)14-5-7-15(8-6-14)23-11-16-9-10-19-22(25-16)26-21(29)13-34-19/h1-4,9-10,14-15,18,23-24,28H,5-8,11-13H2,(H,25,26,29). The number of carbonyl (C=O) groups excluding carboxylic acids is 1. The predicted molar refractivity (Wildman–Crippen MR) is 125 cm³/mol. The number of rotatable bonds is 9. The first-order valence-electron chi connectivity index (χ1n) is 11.3. The number of para-hydroxylation sites is 1. The Hall–Kier alpha value is -3.13. The van der Waals surface area contributed by atoms with Crippen LogP contribution in [0.15, 0.2) is 41.3 Å². The van der Waals surface area contributed by atoms with Crippen molar-refractivity contribution < 1.29 is 28.0 Å². The van der Waals surface area contributed by atoms with E-state index in [1.807, 2.05) is 6.07 Å². The van der Waals surface area contributed by atoms with E-state index in [9.17, 15) is 28.4 Å². The second-order valence-corrected chi connectivity index (χ2v) is 10.4. The van der Waals surface area contributed by atoms with Gasteiger partial charge in [-0.15, -0.1) is 0 Å². The minimum atomic E-state index is -4.14. The van der Waals surface area contributed by atoms with Gasteiger partial charge in [0.05, 0.1) is 16.7 Å². The molecule has 188 valence electrons. The number of aliphatic hydroxyl groups is 1. The zero-order valence-corrected chi connectivity index (χ0v) is 19.7. The van der Waals surface area contributed by atoms with Crippen molar-refractivity contribution in [3.05, 3.63) is 52.2 Å². The minimum Gasteiger partial charge on any atom is -0.480 e. The van der Waals surface area contributed by atoms with Crippen molar-refractivity contribution in [2.24, 2.45) is 5.92 Å². The molecule has 2 aromatic rings. The Bertz CT molecular complexity index is 1200. The lowest BCUT2D eigenvalue weighted by molar-refractivity contribution is -0.387. The van der Waals surface area contributed by atoms with E-state index in [0.29, 0.717) is 31.0 Å². The SMILES string of the molecule is O=C1COc2ccc(CNC3CCC(C(O)CNS(=O)(=O)c4ccccc4[N+](=O)[O-])CC3)nc2N1. The Kier molecular flexibility index (Phi) is 7.60. The van der Waals surface area contributed by atoms with Crippen molar-refractivity contribution in [3.8, 4) is 5.75 Å².